The van der Waals surface area contributed by atoms with E-state index in [-0.39, 0.29) is 5.30 Å². The number of hydroxylamine groups is 1. The number of nitrogens with two attached hydrogens (primary N) is 1. The van der Waals surface area contributed by atoms with Gasteiger partial charge < -0.3 is 4.89 Å². The highest BCUT2D eigenvalue weighted by Gasteiger charge is 2.27. The van der Waals surface area contributed by atoms with Crippen LogP contribution in [0.25, 0.3) is 0 Å². The number of quaternary nitrogens is 1. The molecule has 3 N–H and O–H groups in total. The van der Waals surface area contributed by atoms with Crippen LogP contribution in [0.5, 0.6) is 5.75 Å². The summed E-state index contributed by atoms with van der Waals surface area (Å²) in [4.78, 5) is 10.0. The van der Waals surface area contributed by atoms with E-state index in [1.165, 1.54) is 70.0 Å². The Kier molecular flexibility index (Phi) is 11.8. The summed E-state index contributed by atoms with van der Waals surface area (Å²) < 4.78 is 22.4. The zero-order chi connectivity index (χ0) is 18.4. The molecular weight excluding hydrogens is 337 g/mol. The lowest BCUT2D eigenvalue weighted by atomic mass is 10.1. The van der Waals surface area contributed by atoms with Crippen LogP contribution < -0.4 is 15.5 Å². The van der Waals surface area contributed by atoms with E-state index in [0.29, 0.717) is 12.3 Å². The quantitative estimate of drug-likeness (QED) is 0.212. The van der Waals surface area contributed by atoms with Gasteiger partial charge in [-0.15, -0.1) is 4.62 Å². The molecule has 0 saturated heterocycles. The zero-order valence-corrected chi connectivity index (χ0v) is 16.7. The lowest BCUT2D eigenvalue weighted by Gasteiger charge is -2.08. The molecule has 0 saturated carbocycles. The van der Waals surface area contributed by atoms with Gasteiger partial charge >= 0.3 is 13.3 Å². The van der Waals surface area contributed by atoms with Crippen LogP contribution in [0, 0.1) is 0 Å². The molecule has 6 heteroatoms. The first-order valence-electron chi connectivity index (χ1n) is 9.57. The van der Waals surface area contributed by atoms with E-state index >= 15 is 0 Å². The molecule has 0 heterocycles. The van der Waals surface area contributed by atoms with E-state index in [2.05, 4.69) is 6.92 Å². The standard InChI is InChI=1S/C19H34NO4P/c1-3-4-5-6-7-8-9-10-11-12-16-20-24-25(21,22)19-15-13-14-18(17-19)23-2/h13-15,17,20H,3-12,16H2,1-2H3,(H,21,22)/q+1/p+1. The first kappa shape index (κ1) is 22.2. The molecule has 1 radical (unpaired) electrons. The summed E-state index contributed by atoms with van der Waals surface area (Å²) in [5.74, 6) is 0.546. The maximum absolute atomic E-state index is 12.2. The van der Waals surface area contributed by atoms with Gasteiger partial charge in [0.25, 0.3) is 7.11 Å². The maximum Gasteiger partial charge on any atom is 0.409 e. The minimum absolute atomic E-state index is 0.256. The Labute approximate surface area is 152 Å². The Bertz CT molecular complexity index is 510. The number of hydrogen-bond donors (Lipinski definition) is 2. The number of hydrogen-bond acceptors (Lipinski definition) is 3. The summed E-state index contributed by atoms with van der Waals surface area (Å²) in [5.41, 5.74) is 1.48. The SMILES string of the molecule is CCCCCCCCCCCC[NH2+]OP(=O)(O)c1cccc([O+]C)c1. The van der Waals surface area contributed by atoms with Gasteiger partial charge in [-0.3, -0.25) is 4.74 Å². The molecule has 0 aliphatic carbocycles. The highest BCUT2D eigenvalue weighted by atomic mass is 31.2. The van der Waals surface area contributed by atoms with Crippen molar-refractivity contribution in [2.45, 2.75) is 71.1 Å². The molecule has 0 fully saturated rings. The Hall–Kier alpha value is -0.870. The minimum atomic E-state index is -3.80. The van der Waals surface area contributed by atoms with Crippen molar-refractivity contribution in [2.24, 2.45) is 0 Å². The van der Waals surface area contributed by atoms with Gasteiger partial charge in [0, 0.05) is 6.07 Å². The average Bonchev–Trinajstić information content (AvgIpc) is 2.62. The van der Waals surface area contributed by atoms with Gasteiger partial charge in [0.2, 0.25) is 0 Å². The van der Waals surface area contributed by atoms with Gasteiger partial charge in [0.15, 0.2) is 0 Å². The second-order valence-corrected chi connectivity index (χ2v) is 8.23. The fourth-order valence-corrected chi connectivity index (χ4v) is 3.71. The fraction of sp³-hybridized carbons (Fsp3) is 0.684. The van der Waals surface area contributed by atoms with Gasteiger partial charge in [-0.2, -0.15) is 5.48 Å². The van der Waals surface area contributed by atoms with E-state index in [9.17, 15) is 9.46 Å². The molecule has 0 aliphatic rings. The van der Waals surface area contributed by atoms with Crippen LogP contribution in [0.15, 0.2) is 24.3 Å². The molecule has 1 atom stereocenters. The van der Waals surface area contributed by atoms with Crippen LogP contribution >= 0.6 is 7.60 Å². The van der Waals surface area contributed by atoms with Crippen LogP contribution in [-0.2, 0) is 9.19 Å². The second kappa shape index (κ2) is 13.3. The normalized spacial score (nSPS) is 13.6. The second-order valence-electron chi connectivity index (χ2n) is 6.46. The molecule has 5 nitrogen and oxygen atoms in total. The molecule has 1 unspecified atom stereocenters. The Morgan fingerprint density at radius 2 is 1.64 bits per heavy atom. The highest BCUT2D eigenvalue weighted by molar-refractivity contribution is 7.61. The van der Waals surface area contributed by atoms with Crippen molar-refractivity contribution < 1.29 is 24.3 Å². The van der Waals surface area contributed by atoms with Crippen LogP contribution in [-0.4, -0.2) is 18.5 Å². The monoisotopic (exact) mass is 372 g/mol. The number of benzene rings is 1. The predicted octanol–water partition coefficient (Wildman–Crippen LogP) is 3.92. The molecule has 0 aliphatic heterocycles. The van der Waals surface area contributed by atoms with Crippen molar-refractivity contribution in [3.8, 4) is 5.75 Å². The number of ether oxygens (including phenoxy) is 1. The first-order valence-corrected chi connectivity index (χ1v) is 11.2. The maximum atomic E-state index is 12.2. The summed E-state index contributed by atoms with van der Waals surface area (Å²) in [6.07, 6.45) is 12.7. The van der Waals surface area contributed by atoms with Crippen LogP contribution in [0.2, 0.25) is 0 Å². The van der Waals surface area contributed by atoms with E-state index in [0.717, 1.165) is 12.8 Å². The number of unbranched alkanes of at least 4 members (excludes halogenated alkanes) is 9. The molecule has 0 amide bonds. The molecule has 0 spiro atoms. The average molecular weight is 372 g/mol. The third-order valence-electron chi connectivity index (χ3n) is 4.27. The topological polar surface area (TPSA) is 74.4 Å². The highest BCUT2D eigenvalue weighted by Crippen LogP contribution is 2.38. The fourth-order valence-electron chi connectivity index (χ4n) is 2.72. The van der Waals surface area contributed by atoms with Crippen molar-refractivity contribution in [3.05, 3.63) is 24.3 Å². The summed E-state index contributed by atoms with van der Waals surface area (Å²) in [6, 6.07) is 6.53. The first-order chi connectivity index (χ1) is 12.1. The smallest absolute Gasteiger partial charge is 0.318 e. The Balaban J connectivity index is 2.06. The summed E-state index contributed by atoms with van der Waals surface area (Å²) in [6.45, 7) is 2.94. The molecule has 0 bridgehead atoms. The van der Waals surface area contributed by atoms with Gasteiger partial charge in [-0.1, -0.05) is 64.4 Å². The summed E-state index contributed by atoms with van der Waals surface area (Å²) >= 11 is 0. The lowest BCUT2D eigenvalue weighted by Crippen LogP contribution is -2.82. The summed E-state index contributed by atoms with van der Waals surface area (Å²) in [7, 11) is -2.27. The van der Waals surface area contributed by atoms with E-state index in [1.807, 2.05) is 0 Å². The van der Waals surface area contributed by atoms with Crippen molar-refractivity contribution in [3.63, 3.8) is 0 Å². The summed E-state index contributed by atoms with van der Waals surface area (Å²) in [5, 5.41) is 0.256. The third-order valence-corrected chi connectivity index (χ3v) is 5.64. The van der Waals surface area contributed by atoms with Crippen LogP contribution in [0.1, 0.15) is 71.1 Å². The largest absolute Gasteiger partial charge is 0.409 e. The lowest BCUT2D eigenvalue weighted by molar-refractivity contribution is -0.861. The van der Waals surface area contributed by atoms with Crippen LogP contribution in [0.4, 0.5) is 0 Å². The molecule has 1 aromatic carbocycles. The van der Waals surface area contributed by atoms with Crippen molar-refractivity contribution in [1.82, 2.24) is 0 Å². The van der Waals surface area contributed by atoms with Gasteiger partial charge in [0.1, 0.15) is 6.54 Å². The Morgan fingerprint density at radius 3 is 2.24 bits per heavy atom. The van der Waals surface area contributed by atoms with Crippen molar-refractivity contribution in [2.75, 3.05) is 13.7 Å². The molecule has 1 rings (SSSR count). The molecular formula is C19H35NO4P+2. The van der Waals surface area contributed by atoms with E-state index in [4.69, 9.17) is 9.36 Å². The number of methoxy groups -OCH3 is 1. The Morgan fingerprint density at radius 1 is 1.04 bits per heavy atom. The molecule has 1 aromatic rings. The molecule has 0 aromatic heterocycles. The van der Waals surface area contributed by atoms with Gasteiger partial charge in [0.05, 0.1) is 11.4 Å². The minimum Gasteiger partial charge on any atom is -0.318 e. The molecule has 25 heavy (non-hydrogen) atoms. The van der Waals surface area contributed by atoms with Crippen LogP contribution in [0.3, 0.4) is 0 Å². The predicted molar refractivity (Wildman–Crippen MR) is 102 cm³/mol. The number of rotatable bonds is 15. The zero-order valence-electron chi connectivity index (χ0n) is 15.8. The van der Waals surface area contributed by atoms with Gasteiger partial charge in [-0.05, 0) is 18.9 Å². The third kappa shape index (κ3) is 10.0. The van der Waals surface area contributed by atoms with E-state index < -0.39 is 7.60 Å². The molecule has 143 valence electrons. The van der Waals surface area contributed by atoms with Crippen molar-refractivity contribution >= 4 is 12.9 Å². The van der Waals surface area contributed by atoms with E-state index in [1.54, 1.807) is 18.2 Å². The van der Waals surface area contributed by atoms with Crippen molar-refractivity contribution in [1.29, 1.82) is 0 Å². The van der Waals surface area contributed by atoms with Gasteiger partial charge in [-0.25, -0.2) is 4.57 Å².